The molecule has 0 aliphatic heterocycles. The van der Waals surface area contributed by atoms with E-state index in [1.165, 1.54) is 23.6 Å². The first-order valence-electron chi connectivity index (χ1n) is 11.9. The zero-order valence-electron chi connectivity index (χ0n) is 21.4. The minimum Gasteiger partial charge on any atom is -0.496 e. The standard InChI is InChI=1S/C27H33N3O6/c1-6-7-10-13-29(21-16-23(35-4)18(2)14-24(21)36-5)27(34)28(3)26(33)22-15-19-11-8-9-12-20(19)30(22)17-25(31)32/h8-9,11-12,14-16H,6-7,10,13,17H2,1-5H3,(H,31,32). The molecule has 1 N–H and O–H groups in total. The summed E-state index contributed by atoms with van der Waals surface area (Å²) < 4.78 is 12.5. The molecule has 3 aromatic rings. The molecule has 0 fully saturated rings. The number of carbonyl (C=O) groups is 3. The lowest BCUT2D eigenvalue weighted by Crippen LogP contribution is -2.45. The van der Waals surface area contributed by atoms with Crippen molar-refractivity contribution in [1.29, 1.82) is 0 Å². The van der Waals surface area contributed by atoms with Crippen LogP contribution in [0.3, 0.4) is 0 Å². The van der Waals surface area contributed by atoms with Gasteiger partial charge in [-0.15, -0.1) is 0 Å². The molecule has 36 heavy (non-hydrogen) atoms. The van der Waals surface area contributed by atoms with Crippen molar-refractivity contribution in [3.8, 4) is 11.5 Å². The van der Waals surface area contributed by atoms with Gasteiger partial charge in [0, 0.05) is 30.6 Å². The maximum Gasteiger partial charge on any atom is 0.331 e. The number of hydrogen-bond acceptors (Lipinski definition) is 5. The Hall–Kier alpha value is -4.01. The number of urea groups is 1. The average Bonchev–Trinajstić information content (AvgIpc) is 3.23. The first-order valence-corrected chi connectivity index (χ1v) is 11.9. The highest BCUT2D eigenvalue weighted by Crippen LogP contribution is 2.36. The number of carbonyl (C=O) groups excluding carboxylic acids is 2. The van der Waals surface area contributed by atoms with Gasteiger partial charge in [-0.2, -0.15) is 0 Å². The van der Waals surface area contributed by atoms with Gasteiger partial charge in [-0.3, -0.25) is 19.4 Å². The first-order chi connectivity index (χ1) is 17.2. The lowest BCUT2D eigenvalue weighted by Gasteiger charge is -2.29. The third kappa shape index (κ3) is 5.45. The van der Waals surface area contributed by atoms with E-state index >= 15 is 0 Å². The molecule has 2 aromatic carbocycles. The number of benzene rings is 2. The number of amides is 3. The molecule has 0 aliphatic rings. The van der Waals surface area contributed by atoms with Crippen LogP contribution in [0, 0.1) is 6.92 Å². The molecule has 1 heterocycles. The molecule has 1 aromatic heterocycles. The van der Waals surface area contributed by atoms with E-state index in [0.717, 1.165) is 29.7 Å². The van der Waals surface area contributed by atoms with E-state index in [9.17, 15) is 19.5 Å². The van der Waals surface area contributed by atoms with Crippen molar-refractivity contribution >= 4 is 34.5 Å². The Morgan fingerprint density at radius 2 is 1.69 bits per heavy atom. The van der Waals surface area contributed by atoms with Crippen molar-refractivity contribution in [3.05, 3.63) is 53.7 Å². The SMILES string of the molecule is CCCCCN(C(=O)N(C)C(=O)c1cc2ccccc2n1CC(=O)O)c1cc(OC)c(C)cc1OC. The molecule has 0 saturated heterocycles. The number of aromatic nitrogens is 1. The van der Waals surface area contributed by atoms with E-state index in [2.05, 4.69) is 6.92 Å². The largest absolute Gasteiger partial charge is 0.496 e. The molecule has 0 radical (unpaired) electrons. The minimum absolute atomic E-state index is 0.122. The molecule has 0 saturated carbocycles. The molecule has 0 spiro atoms. The number of methoxy groups -OCH3 is 2. The van der Waals surface area contributed by atoms with Gasteiger partial charge in [0.25, 0.3) is 5.91 Å². The zero-order chi connectivity index (χ0) is 26.4. The lowest BCUT2D eigenvalue weighted by molar-refractivity contribution is -0.137. The fourth-order valence-electron chi connectivity index (χ4n) is 4.22. The number of aryl methyl sites for hydroxylation is 1. The fourth-order valence-corrected chi connectivity index (χ4v) is 4.22. The Labute approximate surface area is 210 Å². The second kappa shape index (κ2) is 11.6. The molecule has 3 amide bonds. The Morgan fingerprint density at radius 1 is 1.00 bits per heavy atom. The van der Waals surface area contributed by atoms with Gasteiger partial charge >= 0.3 is 12.0 Å². The summed E-state index contributed by atoms with van der Waals surface area (Å²) in [5.41, 5.74) is 2.07. The van der Waals surface area contributed by atoms with Crippen LogP contribution in [0.15, 0.2) is 42.5 Å². The highest BCUT2D eigenvalue weighted by molar-refractivity contribution is 6.10. The van der Waals surface area contributed by atoms with Gasteiger partial charge in [0.05, 0.1) is 19.9 Å². The minimum atomic E-state index is -1.09. The number of imide groups is 1. The monoisotopic (exact) mass is 495 g/mol. The smallest absolute Gasteiger partial charge is 0.331 e. The normalized spacial score (nSPS) is 10.8. The van der Waals surface area contributed by atoms with Gasteiger partial charge < -0.3 is 19.1 Å². The van der Waals surface area contributed by atoms with Crippen LogP contribution in [0.25, 0.3) is 10.9 Å². The summed E-state index contributed by atoms with van der Waals surface area (Å²) in [6, 6.07) is 11.7. The summed E-state index contributed by atoms with van der Waals surface area (Å²) in [4.78, 5) is 41.4. The zero-order valence-corrected chi connectivity index (χ0v) is 21.4. The molecule has 9 nitrogen and oxygen atoms in total. The van der Waals surface area contributed by atoms with Gasteiger partial charge in [-0.05, 0) is 37.1 Å². The summed E-state index contributed by atoms with van der Waals surface area (Å²) in [5.74, 6) is -0.610. The van der Waals surface area contributed by atoms with Crippen LogP contribution in [0.1, 0.15) is 42.2 Å². The molecule has 192 valence electrons. The number of anilines is 1. The van der Waals surface area contributed by atoms with E-state index < -0.39 is 24.5 Å². The lowest BCUT2D eigenvalue weighted by atomic mass is 10.1. The molecule has 0 aliphatic carbocycles. The number of fused-ring (bicyclic) bond motifs is 1. The van der Waals surface area contributed by atoms with Gasteiger partial charge in [0.2, 0.25) is 0 Å². The van der Waals surface area contributed by atoms with Crippen molar-refractivity contribution < 1.29 is 29.0 Å². The van der Waals surface area contributed by atoms with E-state index in [-0.39, 0.29) is 5.69 Å². The number of para-hydroxylation sites is 1. The summed E-state index contributed by atoms with van der Waals surface area (Å²) in [7, 11) is 4.48. The van der Waals surface area contributed by atoms with Crippen molar-refractivity contribution in [2.75, 3.05) is 32.7 Å². The van der Waals surface area contributed by atoms with Crippen LogP contribution in [-0.2, 0) is 11.3 Å². The number of hydrogen-bond donors (Lipinski definition) is 1. The highest BCUT2D eigenvalue weighted by atomic mass is 16.5. The number of aliphatic carboxylic acids is 1. The van der Waals surface area contributed by atoms with Crippen LogP contribution in [-0.4, -0.2) is 60.3 Å². The molecule has 9 heteroatoms. The summed E-state index contributed by atoms with van der Waals surface area (Å²) in [6.07, 6.45) is 2.59. The fraction of sp³-hybridized carbons (Fsp3) is 0.370. The molecular weight excluding hydrogens is 462 g/mol. The quantitative estimate of drug-likeness (QED) is 0.400. The number of ether oxygens (including phenoxy) is 2. The number of carboxylic acids is 1. The maximum absolute atomic E-state index is 13.8. The van der Waals surface area contributed by atoms with Gasteiger partial charge in [-0.1, -0.05) is 38.0 Å². The van der Waals surface area contributed by atoms with Crippen LogP contribution in [0.5, 0.6) is 11.5 Å². The summed E-state index contributed by atoms with van der Waals surface area (Å²) >= 11 is 0. The second-order valence-corrected chi connectivity index (χ2v) is 8.57. The number of rotatable bonds is 10. The highest BCUT2D eigenvalue weighted by Gasteiger charge is 2.30. The predicted molar refractivity (Wildman–Crippen MR) is 138 cm³/mol. The van der Waals surface area contributed by atoms with Gasteiger partial charge in [0.1, 0.15) is 23.7 Å². The molecular formula is C27H33N3O6. The summed E-state index contributed by atoms with van der Waals surface area (Å²) in [5, 5.41) is 10.2. The first kappa shape index (κ1) is 26.6. The Bertz CT molecular complexity index is 1270. The number of carboxylic acid groups (broad SMARTS) is 1. The van der Waals surface area contributed by atoms with Crippen molar-refractivity contribution in [1.82, 2.24) is 9.47 Å². The molecule has 3 rings (SSSR count). The number of unbranched alkanes of at least 4 members (excludes halogenated alkanes) is 2. The van der Waals surface area contributed by atoms with Gasteiger partial charge in [-0.25, -0.2) is 4.79 Å². The number of nitrogens with zero attached hydrogens (tertiary/aromatic N) is 3. The third-order valence-corrected chi connectivity index (χ3v) is 6.12. The van der Waals surface area contributed by atoms with Crippen molar-refractivity contribution in [2.24, 2.45) is 0 Å². The van der Waals surface area contributed by atoms with Crippen LogP contribution in [0.2, 0.25) is 0 Å². The van der Waals surface area contributed by atoms with E-state index in [1.54, 1.807) is 43.5 Å². The third-order valence-electron chi connectivity index (χ3n) is 6.12. The topological polar surface area (TPSA) is 101 Å². The average molecular weight is 496 g/mol. The Morgan fingerprint density at radius 3 is 2.33 bits per heavy atom. The summed E-state index contributed by atoms with van der Waals surface area (Å²) in [6.45, 7) is 3.91. The van der Waals surface area contributed by atoms with E-state index in [0.29, 0.717) is 34.6 Å². The van der Waals surface area contributed by atoms with Crippen LogP contribution >= 0.6 is 0 Å². The molecule has 0 bridgehead atoms. The maximum atomic E-state index is 13.8. The van der Waals surface area contributed by atoms with Gasteiger partial charge in [0.15, 0.2) is 0 Å². The van der Waals surface area contributed by atoms with Crippen LogP contribution in [0.4, 0.5) is 10.5 Å². The van der Waals surface area contributed by atoms with Crippen molar-refractivity contribution in [3.63, 3.8) is 0 Å². The Kier molecular flexibility index (Phi) is 8.58. The van der Waals surface area contributed by atoms with Crippen LogP contribution < -0.4 is 14.4 Å². The molecule has 0 unspecified atom stereocenters. The predicted octanol–water partition coefficient (Wildman–Crippen LogP) is 4.94. The van der Waals surface area contributed by atoms with E-state index in [4.69, 9.17) is 9.47 Å². The second-order valence-electron chi connectivity index (χ2n) is 8.57. The molecule has 0 atom stereocenters. The Balaban J connectivity index is 2.04. The van der Waals surface area contributed by atoms with Crippen molar-refractivity contribution in [2.45, 2.75) is 39.7 Å². The van der Waals surface area contributed by atoms with E-state index in [1.807, 2.05) is 13.0 Å².